The summed E-state index contributed by atoms with van der Waals surface area (Å²) in [5.41, 5.74) is 6.70. The number of carbonyl (C=O) groups is 1. The molecule has 6 heteroatoms. The van der Waals surface area contributed by atoms with Gasteiger partial charge in [0.1, 0.15) is 5.82 Å². The molecule has 0 spiro atoms. The van der Waals surface area contributed by atoms with Gasteiger partial charge in [0.15, 0.2) is 0 Å². The van der Waals surface area contributed by atoms with Gasteiger partial charge >= 0.3 is 5.97 Å². The molecule has 0 bridgehead atoms. The zero-order valence-corrected chi connectivity index (χ0v) is 11.8. The van der Waals surface area contributed by atoms with Crippen LogP contribution in [0.1, 0.15) is 15.9 Å². The Labute approximate surface area is 124 Å². The number of rotatable bonds is 4. The lowest BCUT2D eigenvalue weighted by molar-refractivity contribution is 0.0696. The Balaban J connectivity index is 2.18. The summed E-state index contributed by atoms with van der Waals surface area (Å²) in [6.45, 7) is 0. The van der Waals surface area contributed by atoms with Gasteiger partial charge in [0, 0.05) is 21.4 Å². The fraction of sp³-hybridized carbons (Fsp3) is 0.0714. The third-order valence-corrected chi connectivity index (χ3v) is 4.02. The van der Waals surface area contributed by atoms with Crippen molar-refractivity contribution in [3.05, 3.63) is 58.4 Å². The van der Waals surface area contributed by atoms with Crippen LogP contribution < -0.4 is 5.73 Å². The fourth-order valence-electron chi connectivity index (χ4n) is 1.62. The van der Waals surface area contributed by atoms with Crippen molar-refractivity contribution in [1.29, 1.82) is 0 Å². The van der Waals surface area contributed by atoms with Gasteiger partial charge < -0.3 is 10.8 Å². The fourth-order valence-corrected chi connectivity index (χ4v) is 2.73. The number of aromatic carboxylic acids is 1. The van der Waals surface area contributed by atoms with Crippen LogP contribution in [0, 0.1) is 5.82 Å². The number of hydrogen-bond acceptors (Lipinski definition) is 3. The van der Waals surface area contributed by atoms with Crippen molar-refractivity contribution in [3.8, 4) is 0 Å². The van der Waals surface area contributed by atoms with Crippen LogP contribution >= 0.6 is 23.4 Å². The molecule has 0 heterocycles. The topological polar surface area (TPSA) is 63.3 Å². The first-order chi connectivity index (χ1) is 9.47. The highest BCUT2D eigenvalue weighted by Crippen LogP contribution is 2.31. The Morgan fingerprint density at radius 2 is 2.05 bits per heavy atom. The Kier molecular flexibility index (Phi) is 4.52. The van der Waals surface area contributed by atoms with Crippen molar-refractivity contribution in [2.24, 2.45) is 0 Å². The summed E-state index contributed by atoms with van der Waals surface area (Å²) in [7, 11) is 0. The van der Waals surface area contributed by atoms with Crippen LogP contribution in [0.4, 0.5) is 10.1 Å². The second-order valence-corrected chi connectivity index (χ2v) is 5.54. The lowest BCUT2D eigenvalue weighted by atomic mass is 10.1. The van der Waals surface area contributed by atoms with Crippen molar-refractivity contribution in [1.82, 2.24) is 0 Å². The molecular weight excluding hydrogens is 301 g/mol. The van der Waals surface area contributed by atoms with Gasteiger partial charge in [-0.1, -0.05) is 11.6 Å². The van der Waals surface area contributed by atoms with Crippen LogP contribution in [0.2, 0.25) is 5.02 Å². The molecule has 0 aromatic heterocycles. The molecule has 0 saturated heterocycles. The zero-order valence-electron chi connectivity index (χ0n) is 10.3. The van der Waals surface area contributed by atoms with E-state index in [0.29, 0.717) is 22.0 Å². The summed E-state index contributed by atoms with van der Waals surface area (Å²) in [5.74, 6) is -1.23. The van der Waals surface area contributed by atoms with E-state index in [9.17, 15) is 9.18 Å². The first kappa shape index (κ1) is 14.7. The maximum Gasteiger partial charge on any atom is 0.335 e. The van der Waals surface area contributed by atoms with Crippen LogP contribution in [0.15, 0.2) is 41.3 Å². The summed E-state index contributed by atoms with van der Waals surface area (Å²) in [5, 5.41) is 9.43. The molecule has 0 saturated carbocycles. The smallest absolute Gasteiger partial charge is 0.335 e. The van der Waals surface area contributed by atoms with E-state index in [2.05, 4.69) is 0 Å². The summed E-state index contributed by atoms with van der Waals surface area (Å²) >= 11 is 7.13. The molecule has 0 amide bonds. The van der Waals surface area contributed by atoms with Crippen molar-refractivity contribution < 1.29 is 14.3 Å². The van der Waals surface area contributed by atoms with Crippen molar-refractivity contribution in [2.45, 2.75) is 10.6 Å². The molecule has 2 aromatic rings. The summed E-state index contributed by atoms with van der Waals surface area (Å²) in [4.78, 5) is 11.6. The average molecular weight is 312 g/mol. The van der Waals surface area contributed by atoms with Crippen molar-refractivity contribution in [2.75, 3.05) is 5.73 Å². The Morgan fingerprint density at radius 3 is 2.70 bits per heavy atom. The predicted octanol–water partition coefficient (Wildman–Crippen LogP) is 4.05. The molecule has 0 aliphatic rings. The van der Waals surface area contributed by atoms with Gasteiger partial charge in [0.05, 0.1) is 5.56 Å². The van der Waals surface area contributed by atoms with E-state index in [1.165, 1.54) is 23.9 Å². The van der Waals surface area contributed by atoms with Crippen molar-refractivity contribution >= 4 is 35.0 Å². The standard InChI is InChI=1S/C14H11ClFNO2S/c15-10-2-4-13(12(17)6-10)20-7-9-5-8(14(18)19)1-3-11(9)16/h1-6H,7,17H2,(H,18,19). The van der Waals surface area contributed by atoms with E-state index in [4.69, 9.17) is 22.4 Å². The number of carboxylic acid groups (broad SMARTS) is 1. The van der Waals surface area contributed by atoms with E-state index in [1.807, 2.05) is 0 Å². The third-order valence-electron chi connectivity index (χ3n) is 2.65. The van der Waals surface area contributed by atoms with Crippen molar-refractivity contribution in [3.63, 3.8) is 0 Å². The minimum atomic E-state index is -1.08. The highest BCUT2D eigenvalue weighted by Gasteiger charge is 2.09. The van der Waals surface area contributed by atoms with Crippen LogP contribution in [-0.4, -0.2) is 11.1 Å². The van der Waals surface area contributed by atoms with Crippen LogP contribution in [0.3, 0.4) is 0 Å². The lowest BCUT2D eigenvalue weighted by Crippen LogP contribution is -1.99. The van der Waals surface area contributed by atoms with E-state index in [0.717, 1.165) is 11.0 Å². The number of halogens is 2. The molecule has 20 heavy (non-hydrogen) atoms. The molecular formula is C14H11ClFNO2S. The van der Waals surface area contributed by atoms with Crippen LogP contribution in [0.25, 0.3) is 0 Å². The van der Waals surface area contributed by atoms with Gasteiger partial charge in [-0.3, -0.25) is 0 Å². The molecule has 104 valence electrons. The molecule has 2 rings (SSSR count). The number of benzene rings is 2. The second-order valence-electron chi connectivity index (χ2n) is 4.08. The quantitative estimate of drug-likeness (QED) is 0.660. The van der Waals surface area contributed by atoms with Crippen LogP contribution in [-0.2, 0) is 5.75 Å². The van der Waals surface area contributed by atoms with Gasteiger partial charge in [0.25, 0.3) is 0 Å². The first-order valence-corrected chi connectivity index (χ1v) is 7.03. The lowest BCUT2D eigenvalue weighted by Gasteiger charge is -2.07. The highest BCUT2D eigenvalue weighted by atomic mass is 35.5. The molecule has 0 aliphatic carbocycles. The normalized spacial score (nSPS) is 10.5. The molecule has 0 fully saturated rings. The highest BCUT2D eigenvalue weighted by molar-refractivity contribution is 7.98. The predicted molar refractivity (Wildman–Crippen MR) is 78.8 cm³/mol. The SMILES string of the molecule is Nc1cc(Cl)ccc1SCc1cc(C(=O)O)ccc1F. The maximum absolute atomic E-state index is 13.6. The van der Waals surface area contributed by atoms with E-state index < -0.39 is 11.8 Å². The third kappa shape index (κ3) is 3.43. The maximum atomic E-state index is 13.6. The number of hydrogen-bond donors (Lipinski definition) is 2. The zero-order chi connectivity index (χ0) is 14.7. The van der Waals surface area contributed by atoms with Crippen LogP contribution in [0.5, 0.6) is 0 Å². The number of nitrogens with two attached hydrogens (primary N) is 1. The minimum absolute atomic E-state index is 0.0612. The molecule has 0 aliphatic heterocycles. The van der Waals surface area contributed by atoms with E-state index in [1.54, 1.807) is 18.2 Å². The van der Waals surface area contributed by atoms with Gasteiger partial charge in [-0.15, -0.1) is 11.8 Å². The molecule has 0 atom stereocenters. The number of nitrogen functional groups attached to an aromatic ring is 1. The average Bonchev–Trinajstić information content (AvgIpc) is 2.39. The van der Waals surface area contributed by atoms with Gasteiger partial charge in [0.2, 0.25) is 0 Å². The molecule has 0 unspecified atom stereocenters. The first-order valence-electron chi connectivity index (χ1n) is 5.67. The second kappa shape index (κ2) is 6.15. The summed E-state index contributed by atoms with van der Waals surface area (Å²) < 4.78 is 13.6. The molecule has 3 nitrogen and oxygen atoms in total. The largest absolute Gasteiger partial charge is 0.478 e. The van der Waals surface area contributed by atoms with Gasteiger partial charge in [-0.05, 0) is 42.0 Å². The number of thioether (sulfide) groups is 1. The van der Waals surface area contributed by atoms with E-state index in [-0.39, 0.29) is 5.56 Å². The minimum Gasteiger partial charge on any atom is -0.478 e. The molecule has 0 radical (unpaired) electrons. The van der Waals surface area contributed by atoms with E-state index >= 15 is 0 Å². The number of carboxylic acids is 1. The summed E-state index contributed by atoms with van der Waals surface area (Å²) in [6, 6.07) is 8.79. The number of anilines is 1. The Hall–Kier alpha value is -1.72. The Morgan fingerprint density at radius 1 is 1.30 bits per heavy atom. The molecule has 3 N–H and O–H groups in total. The van der Waals surface area contributed by atoms with Gasteiger partial charge in [-0.25, -0.2) is 9.18 Å². The molecule has 2 aromatic carbocycles. The van der Waals surface area contributed by atoms with Gasteiger partial charge in [-0.2, -0.15) is 0 Å². The summed E-state index contributed by atoms with van der Waals surface area (Å²) in [6.07, 6.45) is 0. The monoisotopic (exact) mass is 311 g/mol. The Bertz CT molecular complexity index is 664.